The van der Waals surface area contributed by atoms with Crippen LogP contribution in [0.1, 0.15) is 10.4 Å². The molecule has 0 heterocycles. The molecule has 8 heteroatoms. The fourth-order valence-corrected chi connectivity index (χ4v) is 1.93. The summed E-state index contributed by atoms with van der Waals surface area (Å²) in [6.07, 6.45) is 0. The number of nitrogens with two attached hydrogens (primary N) is 1. The maximum absolute atomic E-state index is 11.2. The normalized spacial score (nSPS) is 11.2. The summed E-state index contributed by atoms with van der Waals surface area (Å²) in [4.78, 5) is 11.2. The van der Waals surface area contributed by atoms with Crippen LogP contribution in [0.3, 0.4) is 0 Å². The summed E-state index contributed by atoms with van der Waals surface area (Å²) in [6, 6.07) is 3.67. The van der Waals surface area contributed by atoms with Gasteiger partial charge in [0.15, 0.2) is 0 Å². The molecule has 0 amide bonds. The number of hydrogen-bond donors (Lipinski definition) is 4. The minimum atomic E-state index is -5.36. The topological polar surface area (TPSA) is 130 Å². The van der Waals surface area contributed by atoms with Crippen molar-refractivity contribution < 1.29 is 25.6 Å². The average molecular weight is 291 g/mol. The first-order valence-electron chi connectivity index (χ1n) is 4.12. The molecular formula is C8H10AsNO6. The Labute approximate surface area is 93.8 Å². The van der Waals surface area contributed by atoms with E-state index in [1.807, 2.05) is 0 Å². The van der Waals surface area contributed by atoms with E-state index >= 15 is 0 Å². The molecule has 0 saturated carbocycles. The molecule has 0 radical (unpaired) electrons. The van der Waals surface area contributed by atoms with Gasteiger partial charge in [-0.2, -0.15) is 0 Å². The van der Waals surface area contributed by atoms with Crippen LogP contribution in [0, 0.1) is 0 Å². The number of aliphatic hydroxyl groups excluding tert-OH is 1. The number of nitrogen functional groups attached to an aromatic ring is 1. The molecule has 5 N–H and O–H groups in total. The van der Waals surface area contributed by atoms with Crippen molar-refractivity contribution in [1.82, 2.24) is 0 Å². The van der Waals surface area contributed by atoms with E-state index in [0.29, 0.717) is 0 Å². The molecule has 0 aliphatic heterocycles. The molecular weight excluding hydrogens is 281 g/mol. The third kappa shape index (κ3) is 3.39. The fourth-order valence-electron chi connectivity index (χ4n) is 1.06. The van der Waals surface area contributed by atoms with Gasteiger partial charge in [0.25, 0.3) is 0 Å². The van der Waals surface area contributed by atoms with Gasteiger partial charge >= 0.3 is 93.4 Å². The summed E-state index contributed by atoms with van der Waals surface area (Å²) < 4.78 is 32.4. The molecule has 88 valence electrons. The molecule has 0 fully saturated rings. The van der Waals surface area contributed by atoms with Crippen molar-refractivity contribution in [1.29, 1.82) is 0 Å². The van der Waals surface area contributed by atoms with Gasteiger partial charge in [-0.15, -0.1) is 0 Å². The predicted molar refractivity (Wildman–Crippen MR) is 53.8 cm³/mol. The van der Waals surface area contributed by atoms with E-state index < -0.39 is 26.9 Å². The summed E-state index contributed by atoms with van der Waals surface area (Å²) in [5.74, 6) is -1.02. The first-order valence-corrected chi connectivity index (χ1v) is 7.33. The summed E-state index contributed by atoms with van der Waals surface area (Å²) >= 11 is -5.36. The molecule has 0 aliphatic rings. The molecule has 16 heavy (non-hydrogen) atoms. The summed E-state index contributed by atoms with van der Waals surface area (Å²) in [5.41, 5.74) is 5.47. The monoisotopic (exact) mass is 291 g/mol. The quantitative estimate of drug-likeness (QED) is 0.307. The second-order valence-electron chi connectivity index (χ2n) is 2.92. The second-order valence-corrected chi connectivity index (χ2v) is 5.36. The van der Waals surface area contributed by atoms with Gasteiger partial charge in [-0.25, -0.2) is 0 Å². The summed E-state index contributed by atoms with van der Waals surface area (Å²) in [6.45, 7) is -0.798. The first kappa shape index (κ1) is 12.8. The Morgan fingerprint density at radius 1 is 1.44 bits per heavy atom. The Morgan fingerprint density at radius 3 is 2.56 bits per heavy atom. The number of Topliss-reactive ketones (excluding diaryl/α,β-unsaturated/α-hetero) is 1. The first-order chi connectivity index (χ1) is 7.33. The van der Waals surface area contributed by atoms with Gasteiger partial charge in [-0.3, -0.25) is 0 Å². The average Bonchev–Trinajstić information content (AvgIpc) is 2.17. The van der Waals surface area contributed by atoms with Crippen molar-refractivity contribution in [3.8, 4) is 5.75 Å². The fraction of sp³-hybridized carbons (Fsp3) is 0.125. The number of carbonyl (C=O) groups excluding carboxylic acids is 1. The third-order valence-electron chi connectivity index (χ3n) is 1.66. The molecule has 1 rings (SSSR count). The Hall–Kier alpha value is -1.27. The van der Waals surface area contributed by atoms with Crippen molar-refractivity contribution in [2.45, 2.75) is 0 Å². The van der Waals surface area contributed by atoms with E-state index in [1.165, 1.54) is 18.2 Å². The van der Waals surface area contributed by atoms with Gasteiger partial charge in [0.2, 0.25) is 0 Å². The number of aliphatic hydroxyl groups is 1. The Kier molecular flexibility index (Phi) is 3.77. The molecule has 0 spiro atoms. The standard InChI is InChI=1S/C8H10AsNO6/c10-5-1-2-8(16-9(13,14)15)6(3-5)7(12)4-11/h1-3,11H,4,10H2,(H2,13,14,15). The molecule has 0 bridgehead atoms. The van der Waals surface area contributed by atoms with E-state index in [1.54, 1.807) is 0 Å². The number of rotatable bonds is 4. The van der Waals surface area contributed by atoms with E-state index in [2.05, 4.69) is 3.73 Å². The molecule has 1 aromatic rings. The van der Waals surface area contributed by atoms with Crippen LogP contribution in [-0.2, 0) is 3.74 Å². The Bertz CT molecular complexity index is 454. The second kappa shape index (κ2) is 4.71. The number of hydrogen-bond acceptors (Lipinski definition) is 5. The molecule has 1 aromatic carbocycles. The van der Waals surface area contributed by atoms with Gasteiger partial charge < -0.3 is 0 Å². The Balaban J connectivity index is 3.18. The number of carbonyl (C=O) groups is 1. The Morgan fingerprint density at radius 2 is 2.06 bits per heavy atom. The molecule has 0 unspecified atom stereocenters. The van der Waals surface area contributed by atoms with E-state index in [-0.39, 0.29) is 17.0 Å². The van der Waals surface area contributed by atoms with Crippen LogP contribution in [0.4, 0.5) is 5.69 Å². The van der Waals surface area contributed by atoms with Gasteiger partial charge in [0.1, 0.15) is 0 Å². The zero-order chi connectivity index (χ0) is 12.3. The number of benzene rings is 1. The van der Waals surface area contributed by atoms with Gasteiger partial charge in [-0.05, 0) is 0 Å². The van der Waals surface area contributed by atoms with E-state index in [4.69, 9.17) is 19.0 Å². The van der Waals surface area contributed by atoms with Crippen LogP contribution in [0.5, 0.6) is 5.75 Å². The van der Waals surface area contributed by atoms with Crippen molar-refractivity contribution in [3.63, 3.8) is 0 Å². The molecule has 0 saturated heterocycles. The van der Waals surface area contributed by atoms with E-state index in [0.717, 1.165) is 0 Å². The molecule has 0 atom stereocenters. The van der Waals surface area contributed by atoms with Crippen molar-refractivity contribution in [2.24, 2.45) is 0 Å². The zero-order valence-corrected chi connectivity index (χ0v) is 9.91. The minimum absolute atomic E-state index is 0.160. The van der Waals surface area contributed by atoms with Crippen molar-refractivity contribution >= 4 is 26.0 Å². The maximum atomic E-state index is 11.2. The predicted octanol–water partition coefficient (Wildman–Crippen LogP) is -1.33. The third-order valence-corrected chi connectivity index (χ3v) is 2.58. The van der Waals surface area contributed by atoms with Crippen LogP contribution in [0.15, 0.2) is 18.2 Å². The van der Waals surface area contributed by atoms with Gasteiger partial charge in [0, 0.05) is 0 Å². The van der Waals surface area contributed by atoms with Crippen LogP contribution in [0.2, 0.25) is 0 Å². The summed E-state index contributed by atoms with van der Waals surface area (Å²) in [5, 5.41) is 8.67. The number of anilines is 1. The molecule has 0 aromatic heterocycles. The summed E-state index contributed by atoms with van der Waals surface area (Å²) in [7, 11) is 0. The molecule has 0 aliphatic carbocycles. The van der Waals surface area contributed by atoms with Crippen molar-refractivity contribution in [2.75, 3.05) is 12.3 Å². The van der Waals surface area contributed by atoms with Gasteiger partial charge in [-0.1, -0.05) is 0 Å². The van der Waals surface area contributed by atoms with Crippen molar-refractivity contribution in [3.05, 3.63) is 23.8 Å². The number of ketones is 1. The van der Waals surface area contributed by atoms with Crippen LogP contribution < -0.4 is 9.46 Å². The molecule has 7 nitrogen and oxygen atoms in total. The zero-order valence-electron chi connectivity index (χ0n) is 8.03. The van der Waals surface area contributed by atoms with Crippen LogP contribution >= 0.6 is 0 Å². The van der Waals surface area contributed by atoms with Crippen LogP contribution in [0.25, 0.3) is 0 Å². The van der Waals surface area contributed by atoms with Gasteiger partial charge in [0.05, 0.1) is 0 Å². The SMILES string of the molecule is Nc1ccc(O[As](=O)(O)O)c(C(=O)CO)c1. The van der Waals surface area contributed by atoms with Crippen LogP contribution in [-0.4, -0.2) is 40.2 Å². The van der Waals surface area contributed by atoms with E-state index in [9.17, 15) is 8.53 Å².